The van der Waals surface area contributed by atoms with Crippen LogP contribution in [-0.2, 0) is 16.6 Å². The van der Waals surface area contributed by atoms with Crippen LogP contribution in [0.3, 0.4) is 0 Å². The van der Waals surface area contributed by atoms with Gasteiger partial charge in [-0.15, -0.1) is 0 Å². The molecule has 1 N–H and O–H groups in total. The molecule has 2 aromatic carbocycles. The van der Waals surface area contributed by atoms with Gasteiger partial charge in [-0.05, 0) is 49.4 Å². The van der Waals surface area contributed by atoms with E-state index in [1.54, 1.807) is 43.8 Å². The molecule has 1 fully saturated rings. The van der Waals surface area contributed by atoms with Crippen LogP contribution in [0.1, 0.15) is 17.4 Å². The molecule has 0 saturated carbocycles. The molecule has 180 valence electrons. The number of halogens is 1. The van der Waals surface area contributed by atoms with Gasteiger partial charge in [-0.25, -0.2) is 9.18 Å². The molecule has 8 nitrogen and oxygen atoms in total. The summed E-state index contributed by atoms with van der Waals surface area (Å²) >= 11 is 0. The van der Waals surface area contributed by atoms with Gasteiger partial charge in [0.25, 0.3) is 0 Å². The second-order valence-electron chi connectivity index (χ2n) is 8.17. The van der Waals surface area contributed by atoms with Crippen molar-refractivity contribution in [3.05, 3.63) is 54.0 Å². The van der Waals surface area contributed by atoms with Crippen LogP contribution in [0.25, 0.3) is 10.9 Å². The Kier molecular flexibility index (Phi) is 7.02. The van der Waals surface area contributed by atoms with Crippen LogP contribution in [0.2, 0.25) is 0 Å². The molecule has 4 rings (SSSR count). The first kappa shape index (κ1) is 23.6. The molecule has 1 aliphatic heterocycles. The highest BCUT2D eigenvalue weighted by atomic mass is 19.1. The molecule has 0 bridgehead atoms. The number of nitrogens with one attached hydrogen (secondary N) is 1. The number of aromatic nitrogens is 1. The summed E-state index contributed by atoms with van der Waals surface area (Å²) in [7, 11) is 3.34. The number of methoxy groups -OCH3 is 1. The van der Waals surface area contributed by atoms with Gasteiger partial charge >= 0.3 is 5.97 Å². The number of rotatable bonds is 7. The van der Waals surface area contributed by atoms with Crippen LogP contribution < -0.4 is 15.0 Å². The third-order valence-electron chi connectivity index (χ3n) is 6.07. The van der Waals surface area contributed by atoms with Gasteiger partial charge in [-0.1, -0.05) is 0 Å². The van der Waals surface area contributed by atoms with Gasteiger partial charge in [-0.2, -0.15) is 0 Å². The first-order valence-electron chi connectivity index (χ1n) is 11.3. The van der Waals surface area contributed by atoms with Gasteiger partial charge < -0.3 is 24.3 Å². The fourth-order valence-electron chi connectivity index (χ4n) is 4.31. The number of nitrogens with zero attached hydrogens (tertiary/aromatic N) is 3. The minimum absolute atomic E-state index is 0.194. The number of aryl methyl sites for hydroxylation is 1. The zero-order chi connectivity index (χ0) is 24.2. The van der Waals surface area contributed by atoms with Crippen LogP contribution in [-0.4, -0.2) is 67.8 Å². The number of carbonyl (C=O) groups excluding carboxylic acids is 2. The second kappa shape index (κ2) is 10.1. The van der Waals surface area contributed by atoms with Crippen molar-refractivity contribution < 1.29 is 23.5 Å². The van der Waals surface area contributed by atoms with Crippen molar-refractivity contribution in [1.82, 2.24) is 9.47 Å². The summed E-state index contributed by atoms with van der Waals surface area (Å²) in [6.45, 7) is 5.03. The topological polar surface area (TPSA) is 76.0 Å². The first-order chi connectivity index (χ1) is 16.4. The zero-order valence-corrected chi connectivity index (χ0v) is 19.6. The maximum Gasteiger partial charge on any atom is 0.357 e. The maximum absolute atomic E-state index is 13.2. The molecule has 1 amide bonds. The number of anilines is 2. The van der Waals surface area contributed by atoms with Gasteiger partial charge in [0.2, 0.25) is 5.91 Å². The minimum atomic E-state index is -0.497. The Morgan fingerprint density at radius 3 is 2.41 bits per heavy atom. The molecule has 0 unspecified atom stereocenters. The van der Waals surface area contributed by atoms with E-state index in [2.05, 4.69) is 15.1 Å². The molecule has 1 aromatic heterocycles. The lowest BCUT2D eigenvalue weighted by molar-refractivity contribution is -0.117. The summed E-state index contributed by atoms with van der Waals surface area (Å²) in [5.41, 5.74) is 2.46. The fraction of sp³-hybridized carbons (Fsp3) is 0.360. The van der Waals surface area contributed by atoms with Crippen molar-refractivity contribution in [2.45, 2.75) is 6.92 Å². The Morgan fingerprint density at radius 2 is 1.76 bits per heavy atom. The molecule has 0 atom stereocenters. The quantitative estimate of drug-likeness (QED) is 0.537. The number of ether oxygens (including phenoxy) is 2. The number of amides is 1. The van der Waals surface area contributed by atoms with Crippen molar-refractivity contribution in [3.8, 4) is 5.75 Å². The van der Waals surface area contributed by atoms with Gasteiger partial charge in [0.05, 0.1) is 31.5 Å². The molecule has 0 aliphatic carbocycles. The molecule has 3 aromatic rings. The molecule has 9 heteroatoms. The van der Waals surface area contributed by atoms with Gasteiger partial charge in [-0.3, -0.25) is 9.69 Å². The highest BCUT2D eigenvalue weighted by molar-refractivity contribution is 6.12. The van der Waals surface area contributed by atoms with Crippen molar-refractivity contribution in [1.29, 1.82) is 0 Å². The van der Waals surface area contributed by atoms with Gasteiger partial charge in [0, 0.05) is 44.3 Å². The summed E-state index contributed by atoms with van der Waals surface area (Å²) in [5.74, 6) is -0.340. The van der Waals surface area contributed by atoms with E-state index in [1.165, 1.54) is 12.1 Å². The molecule has 2 heterocycles. The lowest BCUT2D eigenvalue weighted by Gasteiger charge is -2.35. The summed E-state index contributed by atoms with van der Waals surface area (Å²) in [6.07, 6.45) is 0. The molecule has 34 heavy (non-hydrogen) atoms. The number of piperazine rings is 1. The summed E-state index contributed by atoms with van der Waals surface area (Å²) in [6, 6.07) is 11.9. The van der Waals surface area contributed by atoms with E-state index in [0.717, 1.165) is 24.3 Å². The number of hydrogen-bond acceptors (Lipinski definition) is 6. The Labute approximate surface area is 197 Å². The molecule has 1 saturated heterocycles. The summed E-state index contributed by atoms with van der Waals surface area (Å²) in [5, 5.41) is 3.66. The van der Waals surface area contributed by atoms with Crippen LogP contribution in [0.5, 0.6) is 5.75 Å². The average Bonchev–Trinajstić information content (AvgIpc) is 3.11. The SMILES string of the molecule is CCOC(=O)c1c(NC(=O)CN2CCN(c3ccc(F)cc3)CC2)c2cc(OC)ccc2n1C. The Morgan fingerprint density at radius 1 is 1.06 bits per heavy atom. The van der Waals surface area contributed by atoms with Gasteiger partial charge in [0.15, 0.2) is 5.69 Å². The van der Waals surface area contributed by atoms with Crippen LogP contribution in [0, 0.1) is 5.82 Å². The van der Waals surface area contributed by atoms with Crippen molar-refractivity contribution in [2.24, 2.45) is 7.05 Å². The fourth-order valence-corrected chi connectivity index (χ4v) is 4.31. The molecular formula is C25H29FN4O4. The highest BCUT2D eigenvalue weighted by Crippen LogP contribution is 2.33. The van der Waals surface area contributed by atoms with Crippen LogP contribution in [0.4, 0.5) is 15.8 Å². The second-order valence-corrected chi connectivity index (χ2v) is 8.17. The summed E-state index contributed by atoms with van der Waals surface area (Å²) in [4.78, 5) is 29.9. The standard InChI is InChI=1S/C25H29FN4O4/c1-4-34-25(32)24-23(20-15-19(33-3)9-10-21(20)28(24)2)27-22(31)16-29-11-13-30(14-12-29)18-7-5-17(26)6-8-18/h5-10,15H,4,11-14,16H2,1-3H3,(H,27,31). The number of esters is 1. The molecule has 0 radical (unpaired) electrons. The lowest BCUT2D eigenvalue weighted by atomic mass is 10.2. The predicted octanol–water partition coefficient (Wildman–Crippen LogP) is 3.26. The highest BCUT2D eigenvalue weighted by Gasteiger charge is 2.25. The van der Waals surface area contributed by atoms with Crippen molar-refractivity contribution in [2.75, 3.05) is 56.7 Å². The minimum Gasteiger partial charge on any atom is -0.497 e. The van der Waals surface area contributed by atoms with E-state index >= 15 is 0 Å². The Bertz CT molecular complexity index is 1180. The number of carbonyl (C=O) groups is 2. The van der Waals surface area contributed by atoms with E-state index in [0.29, 0.717) is 35.6 Å². The molecular weight excluding hydrogens is 439 g/mol. The average molecular weight is 469 g/mol. The number of hydrogen-bond donors (Lipinski definition) is 1. The molecule has 1 aliphatic rings. The van der Waals surface area contributed by atoms with E-state index in [9.17, 15) is 14.0 Å². The van der Waals surface area contributed by atoms with E-state index in [-0.39, 0.29) is 24.9 Å². The number of fused-ring (bicyclic) bond motifs is 1. The third-order valence-corrected chi connectivity index (χ3v) is 6.07. The van der Waals surface area contributed by atoms with Gasteiger partial charge in [0.1, 0.15) is 11.6 Å². The van der Waals surface area contributed by atoms with E-state index in [4.69, 9.17) is 9.47 Å². The maximum atomic E-state index is 13.2. The van der Waals surface area contributed by atoms with E-state index < -0.39 is 5.97 Å². The van der Waals surface area contributed by atoms with Crippen molar-refractivity contribution in [3.63, 3.8) is 0 Å². The predicted molar refractivity (Wildman–Crippen MR) is 129 cm³/mol. The number of benzene rings is 2. The first-order valence-corrected chi connectivity index (χ1v) is 11.3. The summed E-state index contributed by atoms with van der Waals surface area (Å²) < 4.78 is 25.5. The van der Waals surface area contributed by atoms with Crippen molar-refractivity contribution >= 4 is 34.2 Å². The normalized spacial score (nSPS) is 14.3. The largest absolute Gasteiger partial charge is 0.497 e. The third kappa shape index (κ3) is 4.84. The van der Waals surface area contributed by atoms with Crippen LogP contribution in [0.15, 0.2) is 42.5 Å². The van der Waals surface area contributed by atoms with E-state index in [1.807, 2.05) is 12.1 Å². The monoisotopic (exact) mass is 468 g/mol. The smallest absolute Gasteiger partial charge is 0.357 e. The molecule has 0 spiro atoms. The Balaban J connectivity index is 1.48. The zero-order valence-electron chi connectivity index (χ0n) is 19.6. The Hall–Kier alpha value is -3.59. The van der Waals surface area contributed by atoms with Crippen LogP contribution >= 0.6 is 0 Å². The lowest BCUT2D eigenvalue weighted by Crippen LogP contribution is -2.48.